The third kappa shape index (κ3) is 2.14. The van der Waals surface area contributed by atoms with Gasteiger partial charge in [-0.05, 0) is 30.5 Å². The van der Waals surface area contributed by atoms with Crippen LogP contribution in [0.4, 0.5) is 0 Å². The van der Waals surface area contributed by atoms with Crippen LogP contribution in [0, 0.1) is 0 Å². The van der Waals surface area contributed by atoms with Crippen LogP contribution in [0.15, 0.2) is 36.4 Å². The second-order valence-electron chi connectivity index (χ2n) is 4.22. The maximum absolute atomic E-state index is 11.9. The molecule has 1 aliphatic heterocycles. The maximum Gasteiger partial charge on any atom is 0.331 e. The van der Waals surface area contributed by atoms with Gasteiger partial charge < -0.3 is 10.0 Å². The minimum Gasteiger partial charge on any atom is -0.479 e. The monoisotopic (exact) mass is 245 g/mol. The van der Waals surface area contributed by atoms with Gasteiger partial charge in [-0.25, -0.2) is 4.79 Å². The number of carboxylic acid groups (broad SMARTS) is 1. The van der Waals surface area contributed by atoms with Gasteiger partial charge in [0.2, 0.25) is 5.91 Å². The fourth-order valence-corrected chi connectivity index (χ4v) is 2.31. The van der Waals surface area contributed by atoms with Crippen molar-refractivity contribution in [3.63, 3.8) is 0 Å². The molecule has 0 aliphatic carbocycles. The molecule has 4 heteroatoms. The minimum atomic E-state index is -0.986. The predicted molar refractivity (Wildman–Crippen MR) is 67.0 cm³/mol. The molecular formula is C14H15NO3. The Morgan fingerprint density at radius 1 is 1.39 bits per heavy atom. The van der Waals surface area contributed by atoms with E-state index < -0.39 is 12.0 Å². The van der Waals surface area contributed by atoms with Crippen LogP contribution in [0.3, 0.4) is 0 Å². The van der Waals surface area contributed by atoms with Gasteiger partial charge in [-0.1, -0.05) is 30.3 Å². The van der Waals surface area contributed by atoms with Crippen LogP contribution < -0.4 is 0 Å². The molecule has 0 saturated carbocycles. The van der Waals surface area contributed by atoms with Gasteiger partial charge in [0.15, 0.2) is 6.04 Å². The number of allylic oxidation sites excluding steroid dienone is 1. The van der Waals surface area contributed by atoms with Gasteiger partial charge in [0.1, 0.15) is 0 Å². The Morgan fingerprint density at radius 2 is 2.11 bits per heavy atom. The largest absolute Gasteiger partial charge is 0.479 e. The Kier molecular flexibility index (Phi) is 3.46. The topological polar surface area (TPSA) is 57.6 Å². The number of rotatable bonds is 2. The molecule has 0 spiro atoms. The summed E-state index contributed by atoms with van der Waals surface area (Å²) in [7, 11) is 0. The summed E-state index contributed by atoms with van der Waals surface area (Å²) < 4.78 is 0. The molecule has 1 unspecified atom stereocenters. The van der Waals surface area contributed by atoms with Gasteiger partial charge in [0.05, 0.1) is 0 Å². The molecule has 1 N–H and O–H groups in total. The van der Waals surface area contributed by atoms with Crippen molar-refractivity contribution < 1.29 is 14.7 Å². The first-order valence-electron chi connectivity index (χ1n) is 5.89. The average Bonchev–Trinajstić information content (AvgIpc) is 2.37. The summed E-state index contributed by atoms with van der Waals surface area (Å²) in [5.74, 6) is -1.24. The van der Waals surface area contributed by atoms with Gasteiger partial charge in [-0.3, -0.25) is 4.79 Å². The molecule has 18 heavy (non-hydrogen) atoms. The number of nitrogens with zero attached hydrogens (tertiary/aromatic N) is 1. The van der Waals surface area contributed by atoms with Crippen molar-refractivity contribution in [1.29, 1.82) is 0 Å². The van der Waals surface area contributed by atoms with E-state index in [4.69, 9.17) is 0 Å². The molecule has 1 heterocycles. The summed E-state index contributed by atoms with van der Waals surface area (Å²) in [4.78, 5) is 24.7. The van der Waals surface area contributed by atoms with Crippen LogP contribution in [0.2, 0.25) is 0 Å². The van der Waals surface area contributed by atoms with Gasteiger partial charge >= 0.3 is 5.97 Å². The number of amides is 1. The normalized spacial score (nSPS) is 18.7. The summed E-state index contributed by atoms with van der Waals surface area (Å²) >= 11 is 0. The van der Waals surface area contributed by atoms with Crippen molar-refractivity contribution in [2.45, 2.75) is 19.4 Å². The van der Waals surface area contributed by atoms with Crippen molar-refractivity contribution in [2.75, 3.05) is 6.54 Å². The first-order valence-corrected chi connectivity index (χ1v) is 5.89. The number of benzene rings is 1. The van der Waals surface area contributed by atoms with Gasteiger partial charge in [0.25, 0.3) is 0 Å². The van der Waals surface area contributed by atoms with Crippen molar-refractivity contribution in [2.24, 2.45) is 0 Å². The molecule has 1 aliphatic rings. The number of aliphatic carboxylic acids is 1. The number of carbonyl (C=O) groups excluding carboxylic acids is 1. The van der Waals surface area contributed by atoms with E-state index in [-0.39, 0.29) is 5.91 Å². The lowest BCUT2D eigenvalue weighted by Gasteiger charge is -2.34. The lowest BCUT2D eigenvalue weighted by Crippen LogP contribution is -2.42. The van der Waals surface area contributed by atoms with Crippen LogP contribution in [0.5, 0.6) is 0 Å². The van der Waals surface area contributed by atoms with Crippen LogP contribution in [-0.2, 0) is 16.0 Å². The van der Waals surface area contributed by atoms with Crippen molar-refractivity contribution in [3.8, 4) is 0 Å². The summed E-state index contributed by atoms with van der Waals surface area (Å²) in [6.45, 7) is 2.18. The molecular weight excluding hydrogens is 230 g/mol. The fraction of sp³-hybridized carbons (Fsp3) is 0.286. The van der Waals surface area contributed by atoms with E-state index in [1.54, 1.807) is 25.1 Å². The quantitative estimate of drug-likeness (QED) is 0.808. The highest BCUT2D eigenvalue weighted by Gasteiger charge is 2.34. The van der Waals surface area contributed by atoms with E-state index in [2.05, 4.69) is 0 Å². The molecule has 1 amide bonds. The Hall–Kier alpha value is -2.10. The summed E-state index contributed by atoms with van der Waals surface area (Å²) in [6.07, 6.45) is 3.73. The molecule has 0 fully saturated rings. The molecule has 0 saturated heterocycles. The van der Waals surface area contributed by atoms with Crippen LogP contribution >= 0.6 is 0 Å². The third-order valence-corrected chi connectivity index (χ3v) is 3.11. The zero-order valence-electron chi connectivity index (χ0n) is 10.2. The molecule has 0 bridgehead atoms. The van der Waals surface area contributed by atoms with Crippen molar-refractivity contribution >= 4 is 11.9 Å². The van der Waals surface area contributed by atoms with E-state index in [9.17, 15) is 14.7 Å². The van der Waals surface area contributed by atoms with E-state index in [1.165, 1.54) is 11.0 Å². The molecule has 1 atom stereocenters. The number of carbonyl (C=O) groups is 2. The van der Waals surface area contributed by atoms with E-state index in [1.807, 2.05) is 12.1 Å². The zero-order chi connectivity index (χ0) is 13.1. The average molecular weight is 245 g/mol. The first kappa shape index (κ1) is 12.4. The second kappa shape index (κ2) is 5.04. The van der Waals surface area contributed by atoms with Crippen LogP contribution in [-0.4, -0.2) is 28.4 Å². The highest BCUT2D eigenvalue weighted by atomic mass is 16.4. The highest BCUT2D eigenvalue weighted by Crippen LogP contribution is 2.30. The number of hydrogen-bond acceptors (Lipinski definition) is 2. The molecule has 4 nitrogen and oxygen atoms in total. The van der Waals surface area contributed by atoms with E-state index in [0.717, 1.165) is 5.56 Å². The van der Waals surface area contributed by atoms with Crippen molar-refractivity contribution in [1.82, 2.24) is 4.90 Å². The number of hydrogen-bond donors (Lipinski definition) is 1. The Labute approximate surface area is 106 Å². The summed E-state index contributed by atoms with van der Waals surface area (Å²) in [5, 5.41) is 9.35. The molecule has 1 aromatic rings. The van der Waals surface area contributed by atoms with Gasteiger partial charge in [-0.15, -0.1) is 0 Å². The zero-order valence-corrected chi connectivity index (χ0v) is 10.2. The Morgan fingerprint density at radius 3 is 2.78 bits per heavy atom. The predicted octanol–water partition coefficient (Wildman–Crippen LogP) is 1.77. The Balaban J connectivity index is 2.41. The third-order valence-electron chi connectivity index (χ3n) is 3.11. The molecule has 0 aromatic heterocycles. The Bertz CT molecular complexity index is 508. The maximum atomic E-state index is 11.9. The smallest absolute Gasteiger partial charge is 0.331 e. The molecule has 1 aromatic carbocycles. The summed E-state index contributed by atoms with van der Waals surface area (Å²) in [6, 6.07) is 6.52. The van der Waals surface area contributed by atoms with Gasteiger partial charge in [0, 0.05) is 6.54 Å². The lowest BCUT2D eigenvalue weighted by atomic mass is 9.92. The lowest BCUT2D eigenvalue weighted by molar-refractivity contribution is -0.149. The fourth-order valence-electron chi connectivity index (χ4n) is 2.31. The summed E-state index contributed by atoms with van der Waals surface area (Å²) in [5.41, 5.74) is 1.73. The number of fused-ring (bicyclic) bond motifs is 1. The van der Waals surface area contributed by atoms with Crippen LogP contribution in [0.1, 0.15) is 24.1 Å². The minimum absolute atomic E-state index is 0.251. The highest BCUT2D eigenvalue weighted by molar-refractivity contribution is 5.92. The van der Waals surface area contributed by atoms with Crippen LogP contribution in [0.25, 0.3) is 0 Å². The SMILES string of the molecule is C/C=C/C(=O)N1CCc2ccccc2C1C(=O)O. The van der Waals surface area contributed by atoms with Gasteiger partial charge in [-0.2, -0.15) is 0 Å². The molecule has 94 valence electrons. The first-order chi connectivity index (χ1) is 8.65. The second-order valence-corrected chi connectivity index (χ2v) is 4.22. The molecule has 2 rings (SSSR count). The van der Waals surface area contributed by atoms with E-state index in [0.29, 0.717) is 18.5 Å². The standard InChI is InChI=1S/C14H15NO3/c1-2-5-12(16)15-9-8-10-6-3-4-7-11(10)13(15)14(17)18/h2-7,13H,8-9H2,1H3,(H,17,18)/b5-2+. The van der Waals surface area contributed by atoms with E-state index >= 15 is 0 Å². The van der Waals surface area contributed by atoms with Crippen molar-refractivity contribution in [3.05, 3.63) is 47.5 Å². The number of carboxylic acids is 1. The molecule has 0 radical (unpaired) electrons.